The van der Waals surface area contributed by atoms with Crippen molar-refractivity contribution in [1.82, 2.24) is 5.32 Å². The van der Waals surface area contributed by atoms with Gasteiger partial charge in [-0.25, -0.2) is 0 Å². The number of nitrogens with one attached hydrogen (secondary N) is 1. The number of nitrogens with zero attached hydrogens (tertiary/aromatic N) is 1. The van der Waals surface area contributed by atoms with Gasteiger partial charge in [-0.2, -0.15) is 0 Å². The maximum atomic E-state index is 10.2. The number of ether oxygens (including phenoxy) is 1. The van der Waals surface area contributed by atoms with Gasteiger partial charge in [-0.3, -0.25) is 4.99 Å². The molecule has 0 aromatic rings. The van der Waals surface area contributed by atoms with E-state index in [9.17, 15) is 5.11 Å². The number of hydrogen-bond acceptors (Lipinski definition) is 3. The minimum Gasteiger partial charge on any atom is -0.385 e. The van der Waals surface area contributed by atoms with E-state index in [-0.39, 0.29) is 12.6 Å². The second-order valence-electron chi connectivity index (χ2n) is 4.38. The Morgan fingerprint density at radius 1 is 1.75 bits per heavy atom. The normalized spacial score (nSPS) is 30.4. The Balaban J connectivity index is 2.42. The molecular weight excluding hydrogens is 206 g/mol. The van der Waals surface area contributed by atoms with Crippen LogP contribution < -0.4 is 11.1 Å². The van der Waals surface area contributed by atoms with Gasteiger partial charge in [0.1, 0.15) is 5.60 Å². The van der Waals surface area contributed by atoms with Crippen molar-refractivity contribution in [2.24, 2.45) is 10.7 Å². The molecule has 1 aliphatic heterocycles. The van der Waals surface area contributed by atoms with Gasteiger partial charge >= 0.3 is 0 Å². The van der Waals surface area contributed by atoms with E-state index in [0.717, 1.165) is 5.57 Å². The third kappa shape index (κ3) is 3.50. The van der Waals surface area contributed by atoms with Crippen molar-refractivity contribution in [3.63, 3.8) is 0 Å². The Hall–Kier alpha value is -1.07. The van der Waals surface area contributed by atoms with Crippen LogP contribution in [-0.4, -0.2) is 42.5 Å². The van der Waals surface area contributed by atoms with Gasteiger partial charge in [-0.15, -0.1) is 0 Å². The van der Waals surface area contributed by atoms with E-state index < -0.39 is 5.60 Å². The molecule has 0 aliphatic carbocycles. The molecule has 0 radical (unpaired) electrons. The quantitative estimate of drug-likeness (QED) is 0.359. The molecule has 1 fully saturated rings. The molecule has 0 aromatic heterocycles. The Kier molecular flexibility index (Phi) is 4.32. The number of nitrogens with two attached hydrogens (primary N) is 1. The van der Waals surface area contributed by atoms with Crippen molar-refractivity contribution < 1.29 is 9.84 Å². The monoisotopic (exact) mass is 227 g/mol. The Bertz CT molecular complexity index is 291. The maximum absolute atomic E-state index is 10.2. The summed E-state index contributed by atoms with van der Waals surface area (Å²) in [6.45, 7) is 8.94. The fraction of sp³-hybridized carbons (Fsp3) is 0.727. The van der Waals surface area contributed by atoms with E-state index in [1.807, 2.05) is 13.8 Å². The minimum atomic E-state index is -0.879. The molecule has 92 valence electrons. The molecule has 0 aromatic carbocycles. The third-order valence-corrected chi connectivity index (χ3v) is 2.75. The molecule has 1 saturated heterocycles. The zero-order chi connectivity index (χ0) is 12.2. The molecule has 0 saturated carbocycles. The predicted molar refractivity (Wildman–Crippen MR) is 64.3 cm³/mol. The van der Waals surface area contributed by atoms with E-state index in [4.69, 9.17) is 10.5 Å². The van der Waals surface area contributed by atoms with Gasteiger partial charge in [0.2, 0.25) is 0 Å². The molecule has 4 N–H and O–H groups in total. The highest BCUT2D eigenvalue weighted by Crippen LogP contribution is 2.25. The van der Waals surface area contributed by atoms with Crippen molar-refractivity contribution in [2.75, 3.05) is 19.7 Å². The summed E-state index contributed by atoms with van der Waals surface area (Å²) in [7, 11) is 0. The predicted octanol–water partition coefficient (Wildman–Crippen LogP) is 0.00670. The zero-order valence-corrected chi connectivity index (χ0v) is 9.99. The van der Waals surface area contributed by atoms with E-state index in [0.29, 0.717) is 25.5 Å². The Morgan fingerprint density at radius 3 is 2.94 bits per heavy atom. The first kappa shape index (κ1) is 13.0. The van der Waals surface area contributed by atoms with Gasteiger partial charge in [0, 0.05) is 19.6 Å². The molecule has 5 heteroatoms. The van der Waals surface area contributed by atoms with Crippen LogP contribution in [0.15, 0.2) is 17.1 Å². The summed E-state index contributed by atoms with van der Waals surface area (Å²) in [6.07, 6.45) is 0.413. The zero-order valence-electron chi connectivity index (χ0n) is 9.99. The van der Waals surface area contributed by atoms with Gasteiger partial charge in [-0.1, -0.05) is 12.2 Å². The topological polar surface area (TPSA) is 79.9 Å². The molecule has 0 spiro atoms. The van der Waals surface area contributed by atoms with Crippen molar-refractivity contribution in [2.45, 2.75) is 32.0 Å². The van der Waals surface area contributed by atoms with Gasteiger partial charge in [0.25, 0.3) is 0 Å². The van der Waals surface area contributed by atoms with Crippen LogP contribution in [0.2, 0.25) is 0 Å². The van der Waals surface area contributed by atoms with Crippen molar-refractivity contribution >= 4 is 5.96 Å². The minimum absolute atomic E-state index is 0.190. The number of guanidine groups is 1. The highest BCUT2D eigenvalue weighted by atomic mass is 16.5. The average molecular weight is 227 g/mol. The van der Waals surface area contributed by atoms with Crippen LogP contribution in [0, 0.1) is 0 Å². The van der Waals surface area contributed by atoms with E-state index in [2.05, 4.69) is 16.9 Å². The molecular formula is C11H21N3O2. The number of hydrogen-bond donors (Lipinski definition) is 3. The third-order valence-electron chi connectivity index (χ3n) is 2.75. The largest absolute Gasteiger partial charge is 0.385 e. The van der Waals surface area contributed by atoms with Crippen molar-refractivity contribution in [1.29, 1.82) is 0 Å². The molecule has 0 amide bonds. The molecule has 2 atom stereocenters. The Morgan fingerprint density at radius 2 is 2.44 bits per heavy atom. The van der Waals surface area contributed by atoms with E-state index >= 15 is 0 Å². The first-order valence-electron chi connectivity index (χ1n) is 5.46. The number of aliphatic hydroxyl groups is 1. The van der Waals surface area contributed by atoms with Crippen molar-refractivity contribution in [3.05, 3.63) is 12.2 Å². The second kappa shape index (κ2) is 5.32. The Labute approximate surface area is 96.4 Å². The second-order valence-corrected chi connectivity index (χ2v) is 4.38. The van der Waals surface area contributed by atoms with Crippen LogP contribution >= 0.6 is 0 Å². The van der Waals surface area contributed by atoms with E-state index in [1.165, 1.54) is 0 Å². The molecule has 1 rings (SSSR count). The van der Waals surface area contributed by atoms with Gasteiger partial charge < -0.3 is 20.9 Å². The molecule has 1 heterocycles. The summed E-state index contributed by atoms with van der Waals surface area (Å²) in [6, 6.07) is 0. The number of rotatable bonds is 4. The summed E-state index contributed by atoms with van der Waals surface area (Å²) >= 11 is 0. The SMILES string of the molecule is C=C(C)CNC(N)=NCC1(O)CCOC1C. The maximum Gasteiger partial charge on any atom is 0.188 e. The molecule has 2 unspecified atom stereocenters. The van der Waals surface area contributed by atoms with Crippen LogP contribution in [0.25, 0.3) is 0 Å². The molecule has 5 nitrogen and oxygen atoms in total. The first-order valence-corrected chi connectivity index (χ1v) is 5.46. The van der Waals surface area contributed by atoms with E-state index in [1.54, 1.807) is 0 Å². The van der Waals surface area contributed by atoms with Gasteiger partial charge in [0.15, 0.2) is 5.96 Å². The number of aliphatic imine (C=N–C) groups is 1. The molecule has 16 heavy (non-hydrogen) atoms. The average Bonchev–Trinajstić information content (AvgIpc) is 2.54. The summed E-state index contributed by atoms with van der Waals surface area (Å²) in [5.41, 5.74) is 5.75. The fourth-order valence-electron chi connectivity index (χ4n) is 1.50. The lowest BCUT2D eigenvalue weighted by atomic mass is 9.97. The lowest BCUT2D eigenvalue weighted by Gasteiger charge is -2.23. The van der Waals surface area contributed by atoms with Crippen LogP contribution in [0.3, 0.4) is 0 Å². The lowest BCUT2D eigenvalue weighted by Crippen LogP contribution is -2.41. The molecule has 0 bridgehead atoms. The van der Waals surface area contributed by atoms with Crippen LogP contribution in [0.4, 0.5) is 0 Å². The highest BCUT2D eigenvalue weighted by molar-refractivity contribution is 5.78. The summed E-state index contributed by atoms with van der Waals surface area (Å²) in [4.78, 5) is 4.11. The molecule has 1 aliphatic rings. The highest BCUT2D eigenvalue weighted by Gasteiger charge is 2.39. The summed E-state index contributed by atoms with van der Waals surface area (Å²) in [5, 5.41) is 13.1. The van der Waals surface area contributed by atoms with Crippen LogP contribution in [0.5, 0.6) is 0 Å². The fourth-order valence-corrected chi connectivity index (χ4v) is 1.50. The van der Waals surface area contributed by atoms with Crippen LogP contribution in [-0.2, 0) is 4.74 Å². The van der Waals surface area contributed by atoms with Crippen molar-refractivity contribution in [3.8, 4) is 0 Å². The van der Waals surface area contributed by atoms with Gasteiger partial charge in [0.05, 0.1) is 12.6 Å². The summed E-state index contributed by atoms with van der Waals surface area (Å²) in [5.74, 6) is 0.329. The smallest absolute Gasteiger partial charge is 0.188 e. The lowest BCUT2D eigenvalue weighted by molar-refractivity contribution is -0.0201. The first-order chi connectivity index (χ1) is 7.44. The van der Waals surface area contributed by atoms with Crippen LogP contribution in [0.1, 0.15) is 20.3 Å². The summed E-state index contributed by atoms with van der Waals surface area (Å²) < 4.78 is 5.30. The standard InChI is InChI=1S/C11H21N3O2/c1-8(2)6-13-10(12)14-7-11(15)4-5-16-9(11)3/h9,15H,1,4-7H2,2-3H3,(H3,12,13,14). The van der Waals surface area contributed by atoms with Gasteiger partial charge in [-0.05, 0) is 13.8 Å².